The summed E-state index contributed by atoms with van der Waals surface area (Å²) in [5, 5.41) is 8.41. The molecule has 0 saturated heterocycles. The van der Waals surface area contributed by atoms with Gasteiger partial charge in [-0.15, -0.1) is 0 Å². The number of methoxy groups -OCH3 is 1. The molecule has 0 aliphatic rings. The zero-order valence-electron chi connectivity index (χ0n) is 11.5. The van der Waals surface area contributed by atoms with E-state index < -0.39 is 6.09 Å². The van der Waals surface area contributed by atoms with Gasteiger partial charge in [0.25, 0.3) is 0 Å². The fourth-order valence-electron chi connectivity index (χ4n) is 2.38. The van der Waals surface area contributed by atoms with Crippen molar-refractivity contribution in [3.05, 3.63) is 60.2 Å². The molecule has 4 heteroatoms. The summed E-state index contributed by atoms with van der Waals surface area (Å²) in [6.45, 7) is 0. The molecule has 4 nitrogen and oxygen atoms in total. The number of nitrogens with zero attached hydrogens (tertiary/aromatic N) is 1. The van der Waals surface area contributed by atoms with Crippen molar-refractivity contribution < 1.29 is 9.53 Å². The molecular formula is C17H14N2O2. The summed E-state index contributed by atoms with van der Waals surface area (Å²) in [4.78, 5) is 11.1. The topological polar surface area (TPSA) is 50.7 Å². The van der Waals surface area contributed by atoms with E-state index in [4.69, 9.17) is 0 Å². The summed E-state index contributed by atoms with van der Waals surface area (Å²) < 4.78 is 4.50. The summed E-state index contributed by atoms with van der Waals surface area (Å²) in [7, 11) is 1.30. The number of hydrogen-bond donors (Lipinski definition) is 1. The van der Waals surface area contributed by atoms with Gasteiger partial charge in [0.2, 0.25) is 0 Å². The van der Waals surface area contributed by atoms with Crippen LogP contribution in [0.2, 0.25) is 0 Å². The molecule has 0 spiro atoms. The van der Waals surface area contributed by atoms with Crippen molar-refractivity contribution in [1.82, 2.24) is 5.43 Å². The van der Waals surface area contributed by atoms with E-state index in [1.165, 1.54) is 7.11 Å². The van der Waals surface area contributed by atoms with Crippen LogP contribution in [0.15, 0.2) is 59.7 Å². The molecule has 3 aromatic rings. The molecule has 0 radical (unpaired) electrons. The number of rotatable bonds is 2. The summed E-state index contributed by atoms with van der Waals surface area (Å²) in [6.07, 6.45) is 1.07. The van der Waals surface area contributed by atoms with E-state index in [-0.39, 0.29) is 0 Å². The first-order chi connectivity index (χ1) is 10.3. The number of carbonyl (C=O) groups excluding carboxylic acids is 1. The number of hydrogen-bond acceptors (Lipinski definition) is 3. The molecular weight excluding hydrogens is 264 g/mol. The van der Waals surface area contributed by atoms with Gasteiger partial charge < -0.3 is 4.74 Å². The Labute approximate surface area is 122 Å². The molecule has 0 bridgehead atoms. The lowest BCUT2D eigenvalue weighted by Crippen LogP contribution is -2.16. The zero-order valence-corrected chi connectivity index (χ0v) is 11.5. The average Bonchev–Trinajstić information content (AvgIpc) is 2.54. The van der Waals surface area contributed by atoms with Gasteiger partial charge in [0.05, 0.1) is 13.3 Å². The summed E-state index contributed by atoms with van der Waals surface area (Å²) >= 11 is 0. The van der Waals surface area contributed by atoms with Crippen LogP contribution in [0.1, 0.15) is 5.56 Å². The Morgan fingerprint density at radius 2 is 1.62 bits per heavy atom. The molecule has 0 aromatic heterocycles. The van der Waals surface area contributed by atoms with E-state index in [0.717, 1.165) is 27.1 Å². The molecule has 0 heterocycles. The van der Waals surface area contributed by atoms with Crippen molar-refractivity contribution in [2.75, 3.05) is 7.11 Å². The third-order valence-electron chi connectivity index (χ3n) is 3.35. The number of hydrazone groups is 1. The first-order valence-electron chi connectivity index (χ1n) is 6.57. The van der Waals surface area contributed by atoms with Crippen molar-refractivity contribution in [2.24, 2.45) is 5.10 Å². The fourth-order valence-corrected chi connectivity index (χ4v) is 2.38. The highest BCUT2D eigenvalue weighted by Crippen LogP contribution is 2.27. The lowest BCUT2D eigenvalue weighted by molar-refractivity contribution is 0.171. The maximum absolute atomic E-state index is 11.1. The lowest BCUT2D eigenvalue weighted by Gasteiger charge is -2.07. The Hall–Kier alpha value is -2.88. The van der Waals surface area contributed by atoms with E-state index in [1.54, 1.807) is 6.21 Å². The molecule has 0 aliphatic heterocycles. The number of carbonyl (C=O) groups is 1. The number of benzene rings is 3. The zero-order chi connectivity index (χ0) is 14.7. The number of ether oxygens (including phenoxy) is 1. The highest BCUT2D eigenvalue weighted by Gasteiger charge is 2.05. The second-order valence-corrected chi connectivity index (χ2v) is 4.59. The Morgan fingerprint density at radius 1 is 1.05 bits per heavy atom. The van der Waals surface area contributed by atoms with Gasteiger partial charge in [0, 0.05) is 5.56 Å². The third-order valence-corrected chi connectivity index (χ3v) is 3.35. The lowest BCUT2D eigenvalue weighted by atomic mass is 9.97. The largest absolute Gasteiger partial charge is 0.452 e. The minimum Gasteiger partial charge on any atom is -0.452 e. The maximum Gasteiger partial charge on any atom is 0.427 e. The molecule has 0 aliphatic carbocycles. The monoisotopic (exact) mass is 278 g/mol. The minimum absolute atomic E-state index is 0.587. The van der Waals surface area contributed by atoms with Gasteiger partial charge in [-0.1, -0.05) is 48.5 Å². The first kappa shape index (κ1) is 13.1. The molecule has 0 fully saturated rings. The van der Waals surface area contributed by atoms with Crippen LogP contribution in [0.3, 0.4) is 0 Å². The molecule has 3 rings (SSSR count). The standard InChI is InChI=1S/C17H14N2O2/c1-21-17(20)19-18-11-16-14-8-4-2-6-12(14)10-13-7-3-5-9-15(13)16/h2-11H,1H3,(H,19,20)/b18-11-. The second kappa shape index (κ2) is 5.63. The van der Waals surface area contributed by atoms with Gasteiger partial charge >= 0.3 is 6.09 Å². The van der Waals surface area contributed by atoms with Crippen LogP contribution >= 0.6 is 0 Å². The number of nitrogens with one attached hydrogen (secondary N) is 1. The SMILES string of the molecule is COC(=O)N/N=C\c1c2ccccc2cc2ccccc12. The molecule has 0 atom stereocenters. The predicted octanol–water partition coefficient (Wildman–Crippen LogP) is 3.68. The van der Waals surface area contributed by atoms with Crippen LogP contribution in [-0.4, -0.2) is 19.4 Å². The van der Waals surface area contributed by atoms with E-state index in [9.17, 15) is 4.79 Å². The molecule has 1 N–H and O–H groups in total. The Morgan fingerprint density at radius 3 is 2.19 bits per heavy atom. The van der Waals surface area contributed by atoms with Crippen LogP contribution in [0.25, 0.3) is 21.5 Å². The van der Waals surface area contributed by atoms with E-state index >= 15 is 0 Å². The Balaban J connectivity index is 2.18. The minimum atomic E-state index is -0.587. The molecule has 3 aromatic carbocycles. The summed E-state index contributed by atoms with van der Waals surface area (Å²) in [6, 6.07) is 18.3. The van der Waals surface area contributed by atoms with Crippen LogP contribution in [-0.2, 0) is 4.74 Å². The molecule has 21 heavy (non-hydrogen) atoms. The van der Waals surface area contributed by atoms with Gasteiger partial charge in [0.1, 0.15) is 0 Å². The molecule has 0 unspecified atom stereocenters. The summed E-state index contributed by atoms with van der Waals surface area (Å²) in [5.74, 6) is 0. The maximum atomic E-state index is 11.1. The highest BCUT2D eigenvalue weighted by molar-refractivity contribution is 6.13. The fraction of sp³-hybridized carbons (Fsp3) is 0.0588. The van der Waals surface area contributed by atoms with Crippen LogP contribution in [0.4, 0.5) is 4.79 Å². The van der Waals surface area contributed by atoms with Gasteiger partial charge in [-0.05, 0) is 27.6 Å². The molecule has 104 valence electrons. The van der Waals surface area contributed by atoms with Crippen molar-refractivity contribution in [3.63, 3.8) is 0 Å². The van der Waals surface area contributed by atoms with Crippen molar-refractivity contribution in [1.29, 1.82) is 0 Å². The van der Waals surface area contributed by atoms with Gasteiger partial charge in [-0.25, -0.2) is 10.2 Å². The van der Waals surface area contributed by atoms with Crippen molar-refractivity contribution in [2.45, 2.75) is 0 Å². The normalized spacial score (nSPS) is 11.1. The summed E-state index contributed by atoms with van der Waals surface area (Å²) in [5.41, 5.74) is 3.29. The van der Waals surface area contributed by atoms with E-state index in [0.29, 0.717) is 0 Å². The predicted molar refractivity (Wildman–Crippen MR) is 84.6 cm³/mol. The van der Waals surface area contributed by atoms with Gasteiger partial charge in [-0.2, -0.15) is 5.10 Å². The quantitative estimate of drug-likeness (QED) is 0.441. The van der Waals surface area contributed by atoms with Crippen LogP contribution in [0.5, 0.6) is 0 Å². The van der Waals surface area contributed by atoms with Gasteiger partial charge in [0.15, 0.2) is 0 Å². The molecule has 1 amide bonds. The van der Waals surface area contributed by atoms with Gasteiger partial charge in [-0.3, -0.25) is 0 Å². The number of amides is 1. The van der Waals surface area contributed by atoms with E-state index in [1.807, 2.05) is 36.4 Å². The van der Waals surface area contributed by atoms with Crippen LogP contribution < -0.4 is 5.43 Å². The molecule has 0 saturated carbocycles. The smallest absolute Gasteiger partial charge is 0.427 e. The number of fused-ring (bicyclic) bond motifs is 2. The first-order valence-corrected chi connectivity index (χ1v) is 6.57. The Bertz CT molecular complexity index is 786. The Kier molecular flexibility index (Phi) is 3.51. The third kappa shape index (κ3) is 2.56. The van der Waals surface area contributed by atoms with E-state index in [2.05, 4.69) is 33.5 Å². The average molecular weight is 278 g/mol. The highest BCUT2D eigenvalue weighted by atomic mass is 16.5. The van der Waals surface area contributed by atoms with Crippen molar-refractivity contribution in [3.8, 4) is 0 Å². The van der Waals surface area contributed by atoms with Crippen LogP contribution in [0, 0.1) is 0 Å². The van der Waals surface area contributed by atoms with Crippen molar-refractivity contribution >= 4 is 33.9 Å². The second-order valence-electron chi connectivity index (χ2n) is 4.59.